The van der Waals surface area contributed by atoms with E-state index in [2.05, 4.69) is 15.6 Å². The maximum absolute atomic E-state index is 12.1. The molecule has 1 aliphatic heterocycles. The number of aromatic nitrogens is 2. The highest BCUT2D eigenvalue weighted by molar-refractivity contribution is 5.87. The SMILES string of the molecule is Cn1ccnc1CNC(=O)[C@@H]1Cc2ccccc2N1. The highest BCUT2D eigenvalue weighted by Gasteiger charge is 2.26. The number of rotatable bonds is 3. The van der Waals surface area contributed by atoms with Gasteiger partial charge in [-0.1, -0.05) is 18.2 Å². The van der Waals surface area contributed by atoms with Crippen LogP contribution in [0.4, 0.5) is 5.69 Å². The molecule has 0 aliphatic carbocycles. The summed E-state index contributed by atoms with van der Waals surface area (Å²) in [6, 6.07) is 7.84. The second kappa shape index (κ2) is 4.76. The molecule has 0 radical (unpaired) electrons. The lowest BCUT2D eigenvalue weighted by atomic mass is 10.1. The highest BCUT2D eigenvalue weighted by Crippen LogP contribution is 2.25. The molecule has 2 heterocycles. The van der Waals surface area contributed by atoms with Gasteiger partial charge in [-0.05, 0) is 11.6 Å². The monoisotopic (exact) mass is 256 g/mol. The zero-order valence-electron chi connectivity index (χ0n) is 10.8. The first-order chi connectivity index (χ1) is 9.24. The van der Waals surface area contributed by atoms with Crippen LogP contribution in [0.3, 0.4) is 0 Å². The largest absolute Gasteiger partial charge is 0.373 e. The van der Waals surface area contributed by atoms with E-state index in [0.717, 1.165) is 17.9 Å². The molecule has 98 valence electrons. The van der Waals surface area contributed by atoms with Gasteiger partial charge in [0.05, 0.1) is 6.54 Å². The van der Waals surface area contributed by atoms with Gasteiger partial charge in [0.1, 0.15) is 11.9 Å². The minimum atomic E-state index is -0.183. The molecule has 1 aromatic heterocycles. The summed E-state index contributed by atoms with van der Waals surface area (Å²) in [4.78, 5) is 16.3. The van der Waals surface area contributed by atoms with E-state index in [1.165, 1.54) is 5.56 Å². The number of hydrogen-bond donors (Lipinski definition) is 2. The Morgan fingerprint density at radius 2 is 2.37 bits per heavy atom. The molecule has 0 bridgehead atoms. The molecule has 2 aromatic rings. The molecule has 1 aromatic carbocycles. The van der Waals surface area contributed by atoms with Gasteiger partial charge >= 0.3 is 0 Å². The van der Waals surface area contributed by atoms with E-state index in [-0.39, 0.29) is 11.9 Å². The maximum Gasteiger partial charge on any atom is 0.243 e. The zero-order valence-corrected chi connectivity index (χ0v) is 10.8. The molecule has 5 heteroatoms. The normalized spacial score (nSPS) is 16.8. The fourth-order valence-corrected chi connectivity index (χ4v) is 2.31. The second-order valence-electron chi connectivity index (χ2n) is 4.73. The van der Waals surface area contributed by atoms with E-state index >= 15 is 0 Å². The van der Waals surface area contributed by atoms with Crippen LogP contribution in [0.25, 0.3) is 0 Å². The van der Waals surface area contributed by atoms with Crippen molar-refractivity contribution >= 4 is 11.6 Å². The van der Waals surface area contributed by atoms with Crippen molar-refractivity contribution in [3.8, 4) is 0 Å². The summed E-state index contributed by atoms with van der Waals surface area (Å²) < 4.78 is 1.90. The molecule has 5 nitrogen and oxygen atoms in total. The average Bonchev–Trinajstić information content (AvgIpc) is 3.01. The fraction of sp³-hybridized carbons (Fsp3) is 0.286. The van der Waals surface area contributed by atoms with Gasteiger partial charge in [-0.3, -0.25) is 4.79 Å². The Kier molecular flexibility index (Phi) is 2.95. The smallest absolute Gasteiger partial charge is 0.243 e. The summed E-state index contributed by atoms with van der Waals surface area (Å²) in [5, 5.41) is 6.16. The Balaban J connectivity index is 1.60. The van der Waals surface area contributed by atoms with Gasteiger partial charge in [0.25, 0.3) is 0 Å². The lowest BCUT2D eigenvalue weighted by Gasteiger charge is -2.11. The number of imidazole rings is 1. The molecule has 0 spiro atoms. The number of nitrogens with one attached hydrogen (secondary N) is 2. The van der Waals surface area contributed by atoms with Gasteiger partial charge in [0.2, 0.25) is 5.91 Å². The number of benzene rings is 1. The van der Waals surface area contributed by atoms with Gasteiger partial charge < -0.3 is 15.2 Å². The lowest BCUT2D eigenvalue weighted by Crippen LogP contribution is -2.38. The molecule has 19 heavy (non-hydrogen) atoms. The summed E-state index contributed by atoms with van der Waals surface area (Å²) >= 11 is 0. The molecule has 1 aliphatic rings. The predicted molar refractivity (Wildman–Crippen MR) is 72.6 cm³/mol. The number of anilines is 1. The predicted octanol–water partition coefficient (Wildman–Crippen LogP) is 1.07. The van der Waals surface area contributed by atoms with Crippen LogP contribution in [-0.2, 0) is 24.8 Å². The van der Waals surface area contributed by atoms with Gasteiger partial charge in [-0.2, -0.15) is 0 Å². The first-order valence-corrected chi connectivity index (χ1v) is 6.32. The van der Waals surface area contributed by atoms with Gasteiger partial charge in [-0.15, -0.1) is 0 Å². The van der Waals surface area contributed by atoms with Crippen molar-refractivity contribution in [3.63, 3.8) is 0 Å². The van der Waals surface area contributed by atoms with Crippen molar-refractivity contribution in [2.75, 3.05) is 5.32 Å². The van der Waals surface area contributed by atoms with Crippen molar-refractivity contribution in [2.45, 2.75) is 19.0 Å². The van der Waals surface area contributed by atoms with Crippen molar-refractivity contribution in [1.82, 2.24) is 14.9 Å². The number of amides is 1. The molecule has 0 unspecified atom stereocenters. The Morgan fingerprint density at radius 3 is 3.11 bits per heavy atom. The number of carbonyl (C=O) groups excluding carboxylic acids is 1. The van der Waals surface area contributed by atoms with Gasteiger partial charge in [0.15, 0.2) is 0 Å². The van der Waals surface area contributed by atoms with Crippen LogP contribution < -0.4 is 10.6 Å². The molecule has 0 fully saturated rings. The number of para-hydroxylation sites is 1. The third-order valence-corrected chi connectivity index (χ3v) is 3.43. The Labute approximate surface area is 111 Å². The molecule has 2 N–H and O–H groups in total. The van der Waals surface area contributed by atoms with Crippen LogP contribution in [0, 0.1) is 0 Å². The second-order valence-corrected chi connectivity index (χ2v) is 4.73. The van der Waals surface area contributed by atoms with E-state index < -0.39 is 0 Å². The van der Waals surface area contributed by atoms with Crippen molar-refractivity contribution < 1.29 is 4.79 Å². The van der Waals surface area contributed by atoms with Gasteiger partial charge in [-0.25, -0.2) is 4.98 Å². The Hall–Kier alpha value is -2.30. The quantitative estimate of drug-likeness (QED) is 0.863. The molecule has 1 amide bonds. The van der Waals surface area contributed by atoms with E-state index in [1.807, 2.05) is 42.1 Å². The minimum absolute atomic E-state index is 0.0131. The number of hydrogen-bond acceptors (Lipinski definition) is 3. The van der Waals surface area contributed by atoms with Crippen molar-refractivity contribution in [1.29, 1.82) is 0 Å². The summed E-state index contributed by atoms with van der Waals surface area (Å²) in [6.45, 7) is 0.455. The number of fused-ring (bicyclic) bond motifs is 1. The molecule has 0 saturated carbocycles. The number of carbonyl (C=O) groups is 1. The summed E-state index contributed by atoms with van der Waals surface area (Å²) in [5.74, 6) is 0.864. The van der Waals surface area contributed by atoms with Crippen LogP contribution in [0.2, 0.25) is 0 Å². The van der Waals surface area contributed by atoms with E-state index in [0.29, 0.717) is 6.54 Å². The number of nitrogens with zero attached hydrogens (tertiary/aromatic N) is 2. The van der Waals surface area contributed by atoms with Crippen LogP contribution in [0.1, 0.15) is 11.4 Å². The molecule has 0 saturated heterocycles. The van der Waals surface area contributed by atoms with E-state index in [9.17, 15) is 4.79 Å². The van der Waals surface area contributed by atoms with Crippen LogP contribution >= 0.6 is 0 Å². The molecular formula is C14H16N4O. The first kappa shape index (κ1) is 11.8. The Bertz CT molecular complexity index is 580. The van der Waals surface area contributed by atoms with Crippen LogP contribution in [0.15, 0.2) is 36.7 Å². The summed E-state index contributed by atoms with van der Waals surface area (Å²) in [7, 11) is 1.91. The number of aryl methyl sites for hydroxylation is 1. The summed E-state index contributed by atoms with van der Waals surface area (Å²) in [6.07, 6.45) is 4.33. The van der Waals surface area contributed by atoms with Crippen molar-refractivity contribution in [3.05, 3.63) is 48.0 Å². The third-order valence-electron chi connectivity index (χ3n) is 3.43. The molecule has 3 rings (SSSR count). The standard InChI is InChI=1S/C14H16N4O/c1-18-7-6-15-13(18)9-16-14(19)12-8-10-4-2-3-5-11(10)17-12/h2-7,12,17H,8-9H2,1H3,(H,16,19)/t12-/m0/s1. The average molecular weight is 256 g/mol. The minimum Gasteiger partial charge on any atom is -0.373 e. The first-order valence-electron chi connectivity index (χ1n) is 6.32. The Morgan fingerprint density at radius 1 is 1.53 bits per heavy atom. The molecular weight excluding hydrogens is 240 g/mol. The van der Waals surface area contributed by atoms with Crippen molar-refractivity contribution in [2.24, 2.45) is 7.05 Å². The van der Waals surface area contributed by atoms with E-state index in [1.54, 1.807) is 6.20 Å². The third kappa shape index (κ3) is 2.31. The summed E-state index contributed by atoms with van der Waals surface area (Å²) in [5.41, 5.74) is 2.25. The van der Waals surface area contributed by atoms with Crippen LogP contribution in [0.5, 0.6) is 0 Å². The zero-order chi connectivity index (χ0) is 13.2. The topological polar surface area (TPSA) is 59.0 Å². The van der Waals surface area contributed by atoms with Crippen LogP contribution in [-0.4, -0.2) is 21.5 Å². The molecule has 1 atom stereocenters. The van der Waals surface area contributed by atoms with Gasteiger partial charge in [0, 0.05) is 31.5 Å². The fourth-order valence-electron chi connectivity index (χ4n) is 2.31. The lowest BCUT2D eigenvalue weighted by molar-refractivity contribution is -0.121. The maximum atomic E-state index is 12.1. The highest BCUT2D eigenvalue weighted by atomic mass is 16.2. The van der Waals surface area contributed by atoms with E-state index in [4.69, 9.17) is 0 Å².